The van der Waals surface area contributed by atoms with Crippen molar-refractivity contribution in [2.24, 2.45) is 5.41 Å². The van der Waals surface area contributed by atoms with Gasteiger partial charge in [-0.1, -0.05) is 26.8 Å². The molecule has 108 valence electrons. The first kappa shape index (κ1) is 13.4. The summed E-state index contributed by atoms with van der Waals surface area (Å²) in [5.74, 6) is 0. The fourth-order valence-electron chi connectivity index (χ4n) is 3.41. The Kier molecular flexibility index (Phi) is 3.19. The second-order valence-corrected chi connectivity index (χ2v) is 6.97. The third-order valence-corrected chi connectivity index (χ3v) is 4.46. The number of pyridine rings is 1. The maximum atomic E-state index is 12.8. The Hall–Kier alpha value is -1.58. The number of rotatable bonds is 0. The normalized spacial score (nSPS) is 22.2. The molecule has 4 heteroatoms. The lowest BCUT2D eigenvalue weighted by Crippen LogP contribution is -2.47. The minimum absolute atomic E-state index is 0.150. The molecule has 1 unspecified atom stereocenters. The maximum Gasteiger partial charge on any atom is 0.320 e. The van der Waals surface area contributed by atoms with Gasteiger partial charge in [0.15, 0.2) is 0 Å². The fourth-order valence-corrected chi connectivity index (χ4v) is 3.41. The van der Waals surface area contributed by atoms with E-state index in [-0.39, 0.29) is 11.4 Å². The van der Waals surface area contributed by atoms with Crippen molar-refractivity contribution in [2.75, 3.05) is 6.54 Å². The number of urea groups is 1. The number of hydrogen-bond acceptors (Lipinski definition) is 2. The van der Waals surface area contributed by atoms with Gasteiger partial charge in [0.25, 0.3) is 0 Å². The van der Waals surface area contributed by atoms with Gasteiger partial charge in [-0.25, -0.2) is 4.79 Å². The van der Waals surface area contributed by atoms with E-state index in [1.807, 2.05) is 11.0 Å². The molecule has 2 aliphatic rings. The number of amides is 2. The molecule has 0 aliphatic carbocycles. The molecule has 1 atom stereocenters. The Morgan fingerprint density at radius 2 is 2.15 bits per heavy atom. The molecule has 3 heterocycles. The molecule has 1 aromatic heterocycles. The standard InChI is InChI=1S/C16H23N3O/c1-16(2,3)14-7-5-9-19(14)15(20)18-10-12-6-4-8-17-13(12)11-18/h4,6,8,14H,5,7,9-11H2,1-3H3. The minimum atomic E-state index is 0.150. The Morgan fingerprint density at radius 3 is 2.85 bits per heavy atom. The van der Waals surface area contributed by atoms with Crippen LogP contribution in [0.25, 0.3) is 0 Å². The van der Waals surface area contributed by atoms with Gasteiger partial charge in [-0.05, 0) is 29.9 Å². The average molecular weight is 273 g/mol. The van der Waals surface area contributed by atoms with Crippen LogP contribution in [0.1, 0.15) is 44.9 Å². The summed E-state index contributed by atoms with van der Waals surface area (Å²) in [5.41, 5.74) is 2.39. The van der Waals surface area contributed by atoms with Crippen LogP contribution in [-0.2, 0) is 13.1 Å². The van der Waals surface area contributed by atoms with Gasteiger partial charge in [0.1, 0.15) is 0 Å². The number of likely N-dealkylation sites (tertiary alicyclic amines) is 1. The van der Waals surface area contributed by atoms with Gasteiger partial charge in [0, 0.05) is 25.3 Å². The molecule has 20 heavy (non-hydrogen) atoms. The topological polar surface area (TPSA) is 36.4 Å². The van der Waals surface area contributed by atoms with Gasteiger partial charge >= 0.3 is 6.03 Å². The summed E-state index contributed by atoms with van der Waals surface area (Å²) < 4.78 is 0. The van der Waals surface area contributed by atoms with Crippen molar-refractivity contribution in [2.45, 2.75) is 52.7 Å². The van der Waals surface area contributed by atoms with E-state index in [0.29, 0.717) is 19.1 Å². The molecule has 3 rings (SSSR count). The van der Waals surface area contributed by atoms with E-state index in [1.54, 1.807) is 6.20 Å². The summed E-state index contributed by atoms with van der Waals surface area (Å²) in [5, 5.41) is 0. The highest BCUT2D eigenvalue weighted by atomic mass is 16.2. The number of carbonyl (C=O) groups excluding carboxylic acids is 1. The number of fused-ring (bicyclic) bond motifs is 1. The second kappa shape index (κ2) is 4.76. The van der Waals surface area contributed by atoms with Crippen LogP contribution >= 0.6 is 0 Å². The zero-order valence-corrected chi connectivity index (χ0v) is 12.6. The number of hydrogen-bond donors (Lipinski definition) is 0. The van der Waals surface area contributed by atoms with Crippen molar-refractivity contribution in [3.8, 4) is 0 Å². The first-order chi connectivity index (χ1) is 9.47. The zero-order valence-electron chi connectivity index (χ0n) is 12.6. The molecular weight excluding hydrogens is 250 g/mol. The summed E-state index contributed by atoms with van der Waals surface area (Å²) in [4.78, 5) is 21.2. The quantitative estimate of drug-likeness (QED) is 0.728. The number of carbonyl (C=O) groups is 1. The van der Waals surface area contributed by atoms with Gasteiger partial charge in [-0.2, -0.15) is 0 Å². The summed E-state index contributed by atoms with van der Waals surface area (Å²) >= 11 is 0. The predicted molar refractivity (Wildman–Crippen MR) is 78.1 cm³/mol. The largest absolute Gasteiger partial charge is 0.321 e. The van der Waals surface area contributed by atoms with Crippen molar-refractivity contribution in [3.05, 3.63) is 29.6 Å². The Morgan fingerprint density at radius 1 is 1.35 bits per heavy atom. The van der Waals surface area contributed by atoms with Crippen molar-refractivity contribution in [1.82, 2.24) is 14.8 Å². The van der Waals surface area contributed by atoms with Crippen LogP contribution in [0.15, 0.2) is 18.3 Å². The molecule has 0 saturated carbocycles. The number of aromatic nitrogens is 1. The van der Waals surface area contributed by atoms with Gasteiger partial charge in [-0.3, -0.25) is 4.98 Å². The van der Waals surface area contributed by atoms with Gasteiger partial charge < -0.3 is 9.80 Å². The highest BCUT2D eigenvalue weighted by Crippen LogP contribution is 2.34. The van der Waals surface area contributed by atoms with Crippen molar-refractivity contribution < 1.29 is 4.79 Å². The van der Waals surface area contributed by atoms with Gasteiger partial charge in [0.2, 0.25) is 0 Å². The van der Waals surface area contributed by atoms with E-state index in [9.17, 15) is 4.79 Å². The average Bonchev–Trinajstić information content (AvgIpc) is 3.03. The molecule has 1 aromatic rings. The number of nitrogens with zero attached hydrogens (tertiary/aromatic N) is 3. The van der Waals surface area contributed by atoms with E-state index in [2.05, 4.69) is 36.7 Å². The Bertz CT molecular complexity index is 496. The highest BCUT2D eigenvalue weighted by Gasteiger charge is 2.39. The van der Waals surface area contributed by atoms with Crippen LogP contribution in [0.5, 0.6) is 0 Å². The lowest BCUT2D eigenvalue weighted by molar-refractivity contribution is 0.114. The summed E-state index contributed by atoms with van der Waals surface area (Å²) in [6, 6.07) is 4.55. The van der Waals surface area contributed by atoms with Crippen LogP contribution in [-0.4, -0.2) is 33.4 Å². The Labute approximate surface area is 120 Å². The third-order valence-electron chi connectivity index (χ3n) is 4.46. The van der Waals surface area contributed by atoms with Crippen LogP contribution in [0.2, 0.25) is 0 Å². The monoisotopic (exact) mass is 273 g/mol. The van der Waals surface area contributed by atoms with E-state index in [1.165, 1.54) is 5.56 Å². The van der Waals surface area contributed by atoms with Crippen molar-refractivity contribution in [1.29, 1.82) is 0 Å². The molecule has 0 N–H and O–H groups in total. The summed E-state index contributed by atoms with van der Waals surface area (Å²) in [7, 11) is 0. The van der Waals surface area contributed by atoms with E-state index in [0.717, 1.165) is 25.1 Å². The lowest BCUT2D eigenvalue weighted by atomic mass is 9.85. The van der Waals surface area contributed by atoms with E-state index in [4.69, 9.17) is 0 Å². The van der Waals surface area contributed by atoms with Crippen molar-refractivity contribution in [3.63, 3.8) is 0 Å². The van der Waals surface area contributed by atoms with E-state index < -0.39 is 0 Å². The lowest BCUT2D eigenvalue weighted by Gasteiger charge is -2.37. The predicted octanol–water partition coefficient (Wildman–Crippen LogP) is 3.03. The molecule has 0 aromatic carbocycles. The molecular formula is C16H23N3O. The van der Waals surface area contributed by atoms with Crippen LogP contribution in [0, 0.1) is 5.41 Å². The fraction of sp³-hybridized carbons (Fsp3) is 0.625. The maximum absolute atomic E-state index is 12.8. The zero-order chi connectivity index (χ0) is 14.3. The molecule has 0 radical (unpaired) electrons. The molecule has 4 nitrogen and oxygen atoms in total. The molecule has 0 bridgehead atoms. The van der Waals surface area contributed by atoms with Crippen LogP contribution in [0.4, 0.5) is 4.79 Å². The van der Waals surface area contributed by atoms with E-state index >= 15 is 0 Å². The summed E-state index contributed by atoms with van der Waals surface area (Å²) in [6.07, 6.45) is 4.04. The first-order valence-corrected chi connectivity index (χ1v) is 7.45. The Balaban J connectivity index is 1.75. The molecule has 2 aliphatic heterocycles. The molecule has 1 fully saturated rings. The van der Waals surface area contributed by atoms with Gasteiger partial charge in [-0.15, -0.1) is 0 Å². The SMILES string of the molecule is CC(C)(C)C1CCCN1C(=O)N1Cc2cccnc2C1. The van der Waals surface area contributed by atoms with Gasteiger partial charge in [0.05, 0.1) is 12.2 Å². The first-order valence-electron chi connectivity index (χ1n) is 7.45. The molecule has 2 amide bonds. The van der Waals surface area contributed by atoms with Crippen LogP contribution < -0.4 is 0 Å². The second-order valence-electron chi connectivity index (χ2n) is 6.97. The third kappa shape index (κ3) is 2.28. The van der Waals surface area contributed by atoms with Crippen LogP contribution in [0.3, 0.4) is 0 Å². The highest BCUT2D eigenvalue weighted by molar-refractivity contribution is 5.76. The molecule has 0 spiro atoms. The molecule has 1 saturated heterocycles. The van der Waals surface area contributed by atoms with Crippen molar-refractivity contribution >= 4 is 6.03 Å². The smallest absolute Gasteiger partial charge is 0.320 e. The summed E-state index contributed by atoms with van der Waals surface area (Å²) in [6.45, 7) is 8.93. The minimum Gasteiger partial charge on any atom is -0.321 e.